The molecule has 0 spiro atoms. The highest BCUT2D eigenvalue weighted by Gasteiger charge is 2.45. The molecule has 33 heavy (non-hydrogen) atoms. The average molecular weight is 468 g/mol. The molecule has 4 rings (SSSR count). The van der Waals surface area contributed by atoms with Gasteiger partial charge in [-0.1, -0.05) is 6.07 Å². The number of ether oxygens (including phenoxy) is 4. The number of carbonyl (C=O) groups is 1. The summed E-state index contributed by atoms with van der Waals surface area (Å²) in [6.45, 7) is 3.70. The number of fused-ring (bicyclic) bond motifs is 1. The number of amides is 1. The zero-order chi connectivity index (χ0) is 24.0. The summed E-state index contributed by atoms with van der Waals surface area (Å²) >= 11 is 0. The second-order valence-corrected chi connectivity index (χ2v) is 7.36. The molecule has 0 bridgehead atoms. The Bertz CT molecular complexity index is 943. The van der Waals surface area contributed by atoms with E-state index in [1.807, 2.05) is 6.92 Å². The summed E-state index contributed by atoms with van der Waals surface area (Å²) in [6, 6.07) is 7.71. The van der Waals surface area contributed by atoms with Crippen molar-refractivity contribution in [3.63, 3.8) is 0 Å². The van der Waals surface area contributed by atoms with E-state index in [2.05, 4.69) is 19.8 Å². The van der Waals surface area contributed by atoms with Crippen molar-refractivity contribution in [1.29, 1.82) is 0 Å². The number of benzene rings is 1. The fourth-order valence-electron chi connectivity index (χ4n) is 3.20. The number of halogens is 2. The molecule has 180 valence electrons. The van der Waals surface area contributed by atoms with Crippen LogP contribution in [-0.2, 0) is 9.53 Å². The molecule has 3 N–H and O–H groups in total. The predicted octanol–water partition coefficient (Wildman–Crippen LogP) is 3.02. The lowest BCUT2D eigenvalue weighted by Crippen LogP contribution is -2.27. The molecule has 1 aromatic carbocycles. The molecular formula is C22H26F2N2O7. The zero-order valence-corrected chi connectivity index (χ0v) is 18.2. The number of aromatic nitrogens is 1. The molecule has 1 fully saturated rings. The highest BCUT2D eigenvalue weighted by atomic mass is 19.3. The van der Waals surface area contributed by atoms with Crippen LogP contribution in [0.5, 0.6) is 17.2 Å². The molecule has 3 heterocycles. The Morgan fingerprint density at radius 2 is 2.09 bits per heavy atom. The molecule has 1 aromatic heterocycles. The predicted molar refractivity (Wildman–Crippen MR) is 112 cm³/mol. The molecule has 1 amide bonds. The van der Waals surface area contributed by atoms with Crippen LogP contribution in [0.15, 0.2) is 36.5 Å². The topological polar surface area (TPSA) is 119 Å². The van der Waals surface area contributed by atoms with Gasteiger partial charge < -0.3 is 34.5 Å². The van der Waals surface area contributed by atoms with Crippen molar-refractivity contribution in [2.45, 2.75) is 51.3 Å². The van der Waals surface area contributed by atoms with E-state index >= 15 is 0 Å². The maximum absolute atomic E-state index is 12.7. The summed E-state index contributed by atoms with van der Waals surface area (Å²) in [6.07, 6.45) is -1.81. The first-order valence-corrected chi connectivity index (χ1v) is 10.4. The van der Waals surface area contributed by atoms with Gasteiger partial charge >= 0.3 is 6.29 Å². The van der Waals surface area contributed by atoms with Gasteiger partial charge in [-0.3, -0.25) is 9.78 Å². The summed E-state index contributed by atoms with van der Waals surface area (Å²) < 4.78 is 44.4. The Morgan fingerprint density at radius 1 is 1.30 bits per heavy atom. The van der Waals surface area contributed by atoms with Crippen molar-refractivity contribution in [2.24, 2.45) is 0 Å². The third-order valence-electron chi connectivity index (χ3n) is 4.78. The Hall–Kier alpha value is -3.02. The number of nitrogens with one attached hydrogen (secondary N) is 1. The molecule has 9 nitrogen and oxygen atoms in total. The van der Waals surface area contributed by atoms with Gasteiger partial charge in [0.1, 0.15) is 12.2 Å². The number of hydrogen-bond donors (Lipinski definition) is 3. The van der Waals surface area contributed by atoms with Crippen molar-refractivity contribution >= 4 is 11.6 Å². The minimum Gasteiger partial charge on any atom is -0.490 e. The molecule has 1 saturated heterocycles. The number of hydrogen-bond acceptors (Lipinski definition) is 8. The highest BCUT2D eigenvalue weighted by molar-refractivity contribution is 5.94. The number of aliphatic hydroxyl groups excluding tert-OH is 2. The van der Waals surface area contributed by atoms with Gasteiger partial charge in [0.15, 0.2) is 11.5 Å². The molecule has 2 aliphatic rings. The van der Waals surface area contributed by atoms with Crippen LogP contribution in [0.3, 0.4) is 0 Å². The maximum Gasteiger partial charge on any atom is 0.586 e. The first-order valence-electron chi connectivity index (χ1n) is 10.4. The first kappa shape index (κ1) is 24.6. The molecule has 0 radical (unpaired) electrons. The van der Waals surface area contributed by atoms with Crippen molar-refractivity contribution < 1.29 is 42.7 Å². The number of anilines is 1. The summed E-state index contributed by atoms with van der Waals surface area (Å²) in [5.41, 5.74) is 0.910. The van der Waals surface area contributed by atoms with Crippen molar-refractivity contribution in [3.05, 3.63) is 42.2 Å². The number of nitrogens with zero attached hydrogens (tertiary/aromatic N) is 1. The number of para-hydroxylation sites is 1. The minimum atomic E-state index is -3.59. The van der Waals surface area contributed by atoms with Gasteiger partial charge in [0.2, 0.25) is 5.75 Å². The molecule has 2 aromatic rings. The molecule has 2 aliphatic heterocycles. The van der Waals surface area contributed by atoms with E-state index in [-0.39, 0.29) is 35.9 Å². The normalized spacial score (nSPS) is 21.0. The van der Waals surface area contributed by atoms with E-state index in [4.69, 9.17) is 14.6 Å². The van der Waals surface area contributed by atoms with Crippen LogP contribution in [-0.4, -0.2) is 52.8 Å². The lowest BCUT2D eigenvalue weighted by atomic mass is 10.2. The van der Waals surface area contributed by atoms with Crippen LogP contribution in [0.4, 0.5) is 14.5 Å². The lowest BCUT2D eigenvalue weighted by molar-refractivity contribution is -0.287. The van der Waals surface area contributed by atoms with E-state index in [0.29, 0.717) is 18.0 Å². The Labute approximate surface area is 189 Å². The second-order valence-electron chi connectivity index (χ2n) is 7.36. The summed E-state index contributed by atoms with van der Waals surface area (Å²) in [4.78, 5) is 15.9. The molecule has 0 aliphatic carbocycles. The molecule has 11 heteroatoms. The van der Waals surface area contributed by atoms with E-state index < -0.39 is 18.5 Å². The number of alkyl halides is 2. The number of carbonyl (C=O) groups excluding carboxylic acids is 1. The maximum atomic E-state index is 12.7. The average Bonchev–Trinajstić information content (AvgIpc) is 3.36. The Morgan fingerprint density at radius 3 is 2.70 bits per heavy atom. The van der Waals surface area contributed by atoms with Gasteiger partial charge in [0.05, 0.1) is 36.9 Å². The molecule has 0 saturated carbocycles. The molecule has 3 atom stereocenters. The van der Waals surface area contributed by atoms with Crippen molar-refractivity contribution in [2.75, 3.05) is 18.5 Å². The Kier molecular flexibility index (Phi) is 8.01. The second kappa shape index (κ2) is 10.7. The summed E-state index contributed by atoms with van der Waals surface area (Å²) in [5.74, 6) is 0.0454. The van der Waals surface area contributed by atoms with Crippen LogP contribution in [0.25, 0.3) is 0 Å². The highest BCUT2D eigenvalue weighted by Crippen LogP contribution is 2.46. The lowest BCUT2D eigenvalue weighted by Gasteiger charge is -2.12. The van der Waals surface area contributed by atoms with Crippen molar-refractivity contribution in [1.82, 2.24) is 4.98 Å². The number of pyridine rings is 1. The molecular weight excluding hydrogens is 442 g/mol. The van der Waals surface area contributed by atoms with Crippen LogP contribution in [0.1, 0.15) is 38.5 Å². The number of aliphatic hydroxyl groups is 2. The smallest absolute Gasteiger partial charge is 0.490 e. The minimum absolute atomic E-state index is 0.000880. The van der Waals surface area contributed by atoms with Crippen LogP contribution in [0.2, 0.25) is 0 Å². The summed E-state index contributed by atoms with van der Waals surface area (Å²) in [7, 11) is 0. The van der Waals surface area contributed by atoms with Crippen LogP contribution < -0.4 is 19.5 Å². The van der Waals surface area contributed by atoms with E-state index in [1.165, 1.54) is 12.3 Å². The van der Waals surface area contributed by atoms with Gasteiger partial charge in [-0.2, -0.15) is 0 Å². The fraction of sp³-hybridized carbons (Fsp3) is 0.455. The van der Waals surface area contributed by atoms with Crippen LogP contribution >= 0.6 is 0 Å². The van der Waals surface area contributed by atoms with Crippen LogP contribution in [0, 0.1) is 0 Å². The summed E-state index contributed by atoms with van der Waals surface area (Å²) in [5, 5.41) is 20.9. The Balaban J connectivity index is 0.000000194. The van der Waals surface area contributed by atoms with Gasteiger partial charge in [0.25, 0.3) is 5.91 Å². The van der Waals surface area contributed by atoms with Gasteiger partial charge in [-0.05, 0) is 51.0 Å². The van der Waals surface area contributed by atoms with Gasteiger partial charge in [0, 0.05) is 0 Å². The standard InChI is InChI=1S/C13H18N2O4.C9H8F2O3/c1-8-2-5-12(19-8)13(18)15-9-3-4-10(14-6-9)11(17)7-16;1-2-12-6-4-3-5-7-8(6)14-9(10,11)13-7/h3-4,6,8,11-12,16-17H,2,5,7H2,1H3,(H,15,18);3-5H,2H2,1H3. The largest absolute Gasteiger partial charge is 0.586 e. The SMILES string of the molecule is CC1CCC(C(=O)Nc2ccc(C(O)CO)nc2)O1.CCOc1cccc2c1OC(F)(F)O2. The quantitative estimate of drug-likeness (QED) is 0.592. The van der Waals surface area contributed by atoms with E-state index in [0.717, 1.165) is 12.8 Å². The van der Waals surface area contributed by atoms with E-state index in [9.17, 15) is 18.7 Å². The fourth-order valence-corrected chi connectivity index (χ4v) is 3.20. The monoisotopic (exact) mass is 468 g/mol. The van der Waals surface area contributed by atoms with Gasteiger partial charge in [-0.15, -0.1) is 8.78 Å². The first-order chi connectivity index (χ1) is 15.7. The van der Waals surface area contributed by atoms with Gasteiger partial charge in [-0.25, -0.2) is 0 Å². The van der Waals surface area contributed by atoms with E-state index in [1.54, 1.807) is 31.2 Å². The number of rotatable bonds is 6. The molecule has 3 unspecified atom stereocenters. The third kappa shape index (κ3) is 6.50. The third-order valence-corrected chi connectivity index (χ3v) is 4.78. The zero-order valence-electron chi connectivity index (χ0n) is 18.2. The van der Waals surface area contributed by atoms with Crippen molar-refractivity contribution in [3.8, 4) is 17.2 Å².